The van der Waals surface area contributed by atoms with Crippen molar-refractivity contribution >= 4 is 17.4 Å². The summed E-state index contributed by atoms with van der Waals surface area (Å²) in [6.45, 7) is 6.48. The van der Waals surface area contributed by atoms with Crippen molar-refractivity contribution in [1.82, 2.24) is 24.2 Å². The highest BCUT2D eigenvalue weighted by Gasteiger charge is 2.33. The largest absolute Gasteiger partial charge is 0.368 e. The van der Waals surface area contributed by atoms with Gasteiger partial charge in [0.2, 0.25) is 5.91 Å². The van der Waals surface area contributed by atoms with E-state index in [0.717, 1.165) is 28.0 Å². The number of hydrogen-bond acceptors (Lipinski definition) is 6. The molecule has 106 valence electrons. The molecular formula is C12H16N6OS. The number of amides is 1. The van der Waals surface area contributed by atoms with E-state index in [9.17, 15) is 4.79 Å². The zero-order valence-corrected chi connectivity index (χ0v) is 12.4. The van der Waals surface area contributed by atoms with Crippen LogP contribution in [-0.4, -0.2) is 31.4 Å². The Balaban J connectivity index is 2.20. The summed E-state index contributed by atoms with van der Waals surface area (Å²) in [6.07, 6.45) is 0. The van der Waals surface area contributed by atoms with Gasteiger partial charge in [-0.3, -0.25) is 10.1 Å². The van der Waals surface area contributed by atoms with Crippen molar-refractivity contribution in [3.05, 3.63) is 17.2 Å². The molecule has 3 heterocycles. The van der Waals surface area contributed by atoms with Crippen LogP contribution in [0.5, 0.6) is 0 Å². The lowest BCUT2D eigenvalue weighted by molar-refractivity contribution is -0.120. The van der Waals surface area contributed by atoms with Gasteiger partial charge in [-0.1, -0.05) is 0 Å². The molecule has 0 bridgehead atoms. The smallest absolute Gasteiger partial charge is 0.240 e. The second kappa shape index (κ2) is 4.64. The first-order chi connectivity index (χ1) is 9.49. The van der Waals surface area contributed by atoms with Crippen molar-refractivity contribution in [3.8, 4) is 10.8 Å². The van der Waals surface area contributed by atoms with Crippen molar-refractivity contribution in [2.75, 3.05) is 6.54 Å². The average molecular weight is 292 g/mol. The Kier molecular flexibility index (Phi) is 3.06. The number of hydrogen-bond donors (Lipinski definition) is 2. The van der Waals surface area contributed by atoms with Gasteiger partial charge < -0.3 is 10.3 Å². The molecule has 0 radical (unpaired) electrons. The summed E-state index contributed by atoms with van der Waals surface area (Å²) < 4.78 is 6.26. The van der Waals surface area contributed by atoms with E-state index in [2.05, 4.69) is 31.1 Å². The minimum absolute atomic E-state index is 0.181. The van der Waals surface area contributed by atoms with Gasteiger partial charge in [-0.05, 0) is 32.3 Å². The molecule has 0 aliphatic carbocycles. The topological polar surface area (TPSA) is 98.7 Å². The minimum Gasteiger partial charge on any atom is -0.368 e. The van der Waals surface area contributed by atoms with Crippen LogP contribution >= 0.6 is 11.5 Å². The van der Waals surface area contributed by atoms with E-state index in [-0.39, 0.29) is 11.9 Å². The van der Waals surface area contributed by atoms with Crippen LogP contribution in [0, 0.1) is 13.8 Å². The highest BCUT2D eigenvalue weighted by Crippen LogP contribution is 2.33. The van der Waals surface area contributed by atoms with Crippen LogP contribution in [0.4, 0.5) is 0 Å². The molecule has 8 heteroatoms. The maximum atomic E-state index is 11.6. The number of aromatic nitrogens is 4. The molecule has 1 amide bonds. The van der Waals surface area contributed by atoms with Crippen LogP contribution in [0.15, 0.2) is 0 Å². The van der Waals surface area contributed by atoms with Gasteiger partial charge in [0.1, 0.15) is 11.9 Å². The molecular weight excluding hydrogens is 276 g/mol. The van der Waals surface area contributed by atoms with Gasteiger partial charge >= 0.3 is 0 Å². The Morgan fingerprint density at radius 1 is 1.45 bits per heavy atom. The van der Waals surface area contributed by atoms with E-state index < -0.39 is 6.04 Å². The summed E-state index contributed by atoms with van der Waals surface area (Å²) in [7, 11) is 0. The third kappa shape index (κ3) is 1.92. The zero-order chi connectivity index (χ0) is 14.4. The number of aryl methyl sites for hydroxylation is 2. The molecule has 3 N–H and O–H groups in total. The maximum absolute atomic E-state index is 11.6. The Hall–Kier alpha value is -1.80. The summed E-state index contributed by atoms with van der Waals surface area (Å²) in [5, 5.41) is 3.94. The lowest BCUT2D eigenvalue weighted by Crippen LogP contribution is -2.42. The minimum atomic E-state index is -0.499. The molecule has 2 atom stereocenters. The Morgan fingerprint density at radius 3 is 2.80 bits per heavy atom. The van der Waals surface area contributed by atoms with Crippen molar-refractivity contribution < 1.29 is 4.79 Å². The molecule has 0 aromatic carbocycles. The lowest BCUT2D eigenvalue weighted by Gasteiger charge is -2.30. The SMILES string of the molecule is Cc1nsc(-c2nc(C)c3n2C(C)CNC3C(N)=O)n1. The van der Waals surface area contributed by atoms with Crippen LogP contribution in [0.2, 0.25) is 0 Å². The van der Waals surface area contributed by atoms with E-state index in [4.69, 9.17) is 5.73 Å². The van der Waals surface area contributed by atoms with Crippen LogP contribution < -0.4 is 11.1 Å². The van der Waals surface area contributed by atoms with Gasteiger partial charge in [0, 0.05) is 12.6 Å². The third-order valence-electron chi connectivity index (χ3n) is 3.47. The number of nitrogens with two attached hydrogens (primary N) is 1. The van der Waals surface area contributed by atoms with Gasteiger partial charge in [0.15, 0.2) is 10.8 Å². The van der Waals surface area contributed by atoms with Crippen LogP contribution in [0.1, 0.15) is 36.2 Å². The summed E-state index contributed by atoms with van der Waals surface area (Å²) >= 11 is 1.32. The summed E-state index contributed by atoms with van der Waals surface area (Å²) in [5.74, 6) is 1.11. The molecule has 0 fully saturated rings. The maximum Gasteiger partial charge on any atom is 0.240 e. The molecule has 1 aliphatic heterocycles. The van der Waals surface area contributed by atoms with Crippen LogP contribution in [0.25, 0.3) is 10.8 Å². The summed E-state index contributed by atoms with van der Waals surface area (Å²) in [6, 6.07) is -0.317. The predicted molar refractivity (Wildman–Crippen MR) is 75.3 cm³/mol. The molecule has 0 saturated carbocycles. The molecule has 2 aromatic rings. The van der Waals surface area contributed by atoms with Crippen LogP contribution in [-0.2, 0) is 4.79 Å². The lowest BCUT2D eigenvalue weighted by atomic mass is 10.1. The predicted octanol–water partition coefficient (Wildman–Crippen LogP) is 0.709. The Bertz CT molecular complexity index is 676. The monoisotopic (exact) mass is 292 g/mol. The van der Waals surface area contributed by atoms with Gasteiger partial charge in [0.05, 0.1) is 11.4 Å². The molecule has 0 saturated heterocycles. The number of nitrogens with one attached hydrogen (secondary N) is 1. The highest BCUT2D eigenvalue weighted by molar-refractivity contribution is 7.09. The third-order valence-corrected chi connectivity index (χ3v) is 4.27. The fourth-order valence-electron chi connectivity index (χ4n) is 2.60. The highest BCUT2D eigenvalue weighted by atomic mass is 32.1. The number of nitrogens with zero attached hydrogens (tertiary/aromatic N) is 4. The van der Waals surface area contributed by atoms with Crippen molar-refractivity contribution in [2.24, 2.45) is 5.73 Å². The number of primary amides is 1. The van der Waals surface area contributed by atoms with Crippen molar-refractivity contribution in [1.29, 1.82) is 0 Å². The number of carbonyl (C=O) groups is 1. The van der Waals surface area contributed by atoms with Gasteiger partial charge in [-0.2, -0.15) is 4.37 Å². The average Bonchev–Trinajstić information content (AvgIpc) is 2.95. The van der Waals surface area contributed by atoms with E-state index in [1.165, 1.54) is 11.5 Å². The van der Waals surface area contributed by atoms with Crippen molar-refractivity contribution in [2.45, 2.75) is 32.9 Å². The fourth-order valence-corrected chi connectivity index (χ4v) is 3.26. The quantitative estimate of drug-likeness (QED) is 0.849. The number of fused-ring (bicyclic) bond motifs is 1. The Labute approximate surface area is 120 Å². The number of carbonyl (C=O) groups excluding carboxylic acids is 1. The second-order valence-electron chi connectivity index (χ2n) is 5.02. The second-order valence-corrected chi connectivity index (χ2v) is 5.77. The molecule has 3 rings (SSSR count). The fraction of sp³-hybridized carbons (Fsp3) is 0.500. The van der Waals surface area contributed by atoms with E-state index in [0.29, 0.717) is 6.54 Å². The number of imidazole rings is 1. The first-order valence-corrected chi connectivity index (χ1v) is 7.18. The zero-order valence-electron chi connectivity index (χ0n) is 11.5. The molecule has 1 aliphatic rings. The molecule has 20 heavy (non-hydrogen) atoms. The van der Waals surface area contributed by atoms with Gasteiger partial charge in [-0.15, -0.1) is 0 Å². The van der Waals surface area contributed by atoms with E-state index in [1.807, 2.05) is 13.8 Å². The molecule has 7 nitrogen and oxygen atoms in total. The normalized spacial score (nSPS) is 21.8. The van der Waals surface area contributed by atoms with Crippen molar-refractivity contribution in [3.63, 3.8) is 0 Å². The number of rotatable bonds is 2. The van der Waals surface area contributed by atoms with E-state index >= 15 is 0 Å². The summed E-state index contributed by atoms with van der Waals surface area (Å²) in [5.41, 5.74) is 7.11. The molecule has 2 unspecified atom stereocenters. The van der Waals surface area contributed by atoms with Gasteiger partial charge in [-0.25, -0.2) is 9.97 Å². The first-order valence-electron chi connectivity index (χ1n) is 6.41. The standard InChI is InChI=1S/C12H16N6OS/c1-5-4-14-8(10(13)19)9-6(2)15-11(18(5)9)12-16-7(3)17-20-12/h5,8,14H,4H2,1-3H3,(H2,13,19). The van der Waals surface area contributed by atoms with E-state index in [1.54, 1.807) is 0 Å². The van der Waals surface area contributed by atoms with Crippen LogP contribution in [0.3, 0.4) is 0 Å². The Morgan fingerprint density at radius 2 is 2.20 bits per heavy atom. The van der Waals surface area contributed by atoms with Gasteiger partial charge in [0.25, 0.3) is 0 Å². The first kappa shape index (κ1) is 13.2. The molecule has 2 aromatic heterocycles. The molecule has 0 spiro atoms. The summed E-state index contributed by atoms with van der Waals surface area (Å²) in [4.78, 5) is 20.6.